The summed E-state index contributed by atoms with van der Waals surface area (Å²) in [5.41, 5.74) is 9.66. The third-order valence-corrected chi connectivity index (χ3v) is 6.11. The molecule has 0 saturated heterocycles. The first-order valence-corrected chi connectivity index (χ1v) is 8.78. The number of rotatable bonds is 2. The molecule has 106 valence electrons. The fourth-order valence-electron chi connectivity index (χ4n) is 4.07. The van der Waals surface area contributed by atoms with E-state index in [1.807, 2.05) is 11.8 Å². The molecule has 3 heteroatoms. The highest BCUT2D eigenvalue weighted by Crippen LogP contribution is 2.44. The van der Waals surface area contributed by atoms with E-state index in [4.69, 9.17) is 5.73 Å². The van der Waals surface area contributed by atoms with Gasteiger partial charge >= 0.3 is 0 Å². The Hall–Kier alpha value is -0.410. The minimum Gasteiger partial charge on any atom is -0.347 e. The van der Waals surface area contributed by atoms with Crippen LogP contribution in [-0.2, 0) is 6.42 Å². The predicted molar refractivity (Wildman–Crippen MR) is 83.7 cm³/mol. The molecule has 3 atom stereocenters. The Kier molecular flexibility index (Phi) is 3.46. The molecule has 1 aromatic rings. The number of nitrogens with two attached hydrogens (primary N) is 1. The van der Waals surface area contributed by atoms with Crippen LogP contribution in [0.1, 0.15) is 62.9 Å². The third-order valence-electron chi connectivity index (χ3n) is 4.96. The molecule has 2 nitrogen and oxygen atoms in total. The van der Waals surface area contributed by atoms with Gasteiger partial charge in [0.1, 0.15) is 0 Å². The van der Waals surface area contributed by atoms with Crippen molar-refractivity contribution in [3.05, 3.63) is 23.5 Å². The Morgan fingerprint density at radius 3 is 2.89 bits per heavy atom. The molecule has 2 aliphatic carbocycles. The number of nitrogens with zero attached hydrogens (tertiary/aromatic N) is 1. The molecule has 2 N–H and O–H groups in total. The van der Waals surface area contributed by atoms with Crippen LogP contribution in [0.5, 0.6) is 0 Å². The zero-order valence-electron chi connectivity index (χ0n) is 12.4. The number of hydrogen-bond donors (Lipinski definition) is 1. The van der Waals surface area contributed by atoms with Crippen LogP contribution >= 0.6 is 11.8 Å². The SMILES string of the molecule is CSC1CCCC1n1ccc2c1CC(C)(C)CC2N. The first-order valence-electron chi connectivity index (χ1n) is 7.50. The third kappa shape index (κ3) is 2.36. The van der Waals surface area contributed by atoms with E-state index in [-0.39, 0.29) is 6.04 Å². The summed E-state index contributed by atoms with van der Waals surface area (Å²) in [6.07, 6.45) is 10.9. The van der Waals surface area contributed by atoms with Crippen LogP contribution in [-0.4, -0.2) is 16.1 Å². The summed E-state index contributed by atoms with van der Waals surface area (Å²) >= 11 is 2.04. The van der Waals surface area contributed by atoms with Gasteiger partial charge in [0.25, 0.3) is 0 Å². The Morgan fingerprint density at radius 1 is 1.37 bits per heavy atom. The lowest BCUT2D eigenvalue weighted by Crippen LogP contribution is -2.31. The molecule has 0 amide bonds. The summed E-state index contributed by atoms with van der Waals surface area (Å²) in [4.78, 5) is 0. The minimum absolute atomic E-state index is 0.231. The Labute approximate surface area is 121 Å². The highest BCUT2D eigenvalue weighted by atomic mass is 32.2. The van der Waals surface area contributed by atoms with E-state index in [1.54, 1.807) is 0 Å². The molecule has 3 rings (SSSR count). The maximum absolute atomic E-state index is 6.38. The Bertz CT molecular complexity index is 463. The van der Waals surface area contributed by atoms with Gasteiger partial charge in [0.15, 0.2) is 0 Å². The van der Waals surface area contributed by atoms with Gasteiger partial charge in [-0.05, 0) is 49.0 Å². The van der Waals surface area contributed by atoms with Crippen LogP contribution in [0.25, 0.3) is 0 Å². The van der Waals surface area contributed by atoms with Crippen molar-refractivity contribution in [3.63, 3.8) is 0 Å². The quantitative estimate of drug-likeness (QED) is 0.889. The van der Waals surface area contributed by atoms with E-state index in [0.717, 1.165) is 11.7 Å². The summed E-state index contributed by atoms with van der Waals surface area (Å²) < 4.78 is 2.57. The number of aromatic nitrogens is 1. The molecule has 0 aliphatic heterocycles. The van der Waals surface area contributed by atoms with Crippen LogP contribution in [0.3, 0.4) is 0 Å². The van der Waals surface area contributed by atoms with Crippen molar-refractivity contribution < 1.29 is 0 Å². The standard InChI is InChI=1S/C16H26N2S/c1-16(2)9-12(17)11-7-8-18(14(11)10-16)13-5-4-6-15(13)19-3/h7-8,12-13,15H,4-6,9-10,17H2,1-3H3. The molecule has 3 unspecified atom stereocenters. The molecular formula is C16H26N2S. The summed E-state index contributed by atoms with van der Waals surface area (Å²) in [6.45, 7) is 4.71. The molecule has 1 fully saturated rings. The van der Waals surface area contributed by atoms with Gasteiger partial charge in [-0.3, -0.25) is 0 Å². The van der Waals surface area contributed by atoms with Crippen LogP contribution < -0.4 is 5.73 Å². The summed E-state index contributed by atoms with van der Waals surface area (Å²) in [6, 6.07) is 3.21. The molecular weight excluding hydrogens is 252 g/mol. The second-order valence-corrected chi connectivity index (χ2v) is 8.13. The molecule has 1 aromatic heterocycles. The van der Waals surface area contributed by atoms with Gasteiger partial charge in [0, 0.05) is 29.2 Å². The van der Waals surface area contributed by atoms with E-state index in [1.165, 1.54) is 36.9 Å². The summed E-state index contributed by atoms with van der Waals surface area (Å²) in [7, 11) is 0. The fourth-order valence-corrected chi connectivity index (χ4v) is 5.05. The smallest absolute Gasteiger partial charge is 0.0452 e. The van der Waals surface area contributed by atoms with Crippen LogP contribution in [0.4, 0.5) is 0 Å². The lowest BCUT2D eigenvalue weighted by molar-refractivity contribution is 0.272. The topological polar surface area (TPSA) is 30.9 Å². The van der Waals surface area contributed by atoms with Crippen LogP contribution in [0.15, 0.2) is 12.3 Å². The monoisotopic (exact) mass is 278 g/mol. The van der Waals surface area contributed by atoms with Gasteiger partial charge in [0.05, 0.1) is 0 Å². The van der Waals surface area contributed by atoms with Crippen molar-refractivity contribution in [2.45, 2.75) is 63.3 Å². The molecule has 0 aromatic carbocycles. The van der Waals surface area contributed by atoms with E-state index in [9.17, 15) is 0 Å². The van der Waals surface area contributed by atoms with Crippen LogP contribution in [0.2, 0.25) is 0 Å². The van der Waals surface area contributed by atoms with Gasteiger partial charge in [0.2, 0.25) is 0 Å². The Balaban J connectivity index is 1.97. The highest BCUT2D eigenvalue weighted by Gasteiger charge is 2.36. The summed E-state index contributed by atoms with van der Waals surface area (Å²) in [5, 5.41) is 0.790. The van der Waals surface area contributed by atoms with Gasteiger partial charge < -0.3 is 10.3 Å². The van der Waals surface area contributed by atoms with Crippen molar-refractivity contribution in [2.24, 2.45) is 11.1 Å². The largest absolute Gasteiger partial charge is 0.347 e. The fraction of sp³-hybridized carbons (Fsp3) is 0.750. The van der Waals surface area contributed by atoms with E-state index in [2.05, 4.69) is 36.9 Å². The maximum Gasteiger partial charge on any atom is 0.0452 e. The van der Waals surface area contributed by atoms with Gasteiger partial charge in [-0.15, -0.1) is 0 Å². The minimum atomic E-state index is 0.231. The average Bonchev–Trinajstić information content (AvgIpc) is 2.92. The number of thioether (sulfide) groups is 1. The lowest BCUT2D eigenvalue weighted by atomic mass is 9.74. The van der Waals surface area contributed by atoms with E-state index < -0.39 is 0 Å². The maximum atomic E-state index is 6.38. The number of fused-ring (bicyclic) bond motifs is 1. The van der Waals surface area contributed by atoms with Gasteiger partial charge in [-0.2, -0.15) is 11.8 Å². The molecule has 1 heterocycles. The van der Waals surface area contributed by atoms with Crippen molar-refractivity contribution in [2.75, 3.05) is 6.26 Å². The lowest BCUT2D eigenvalue weighted by Gasteiger charge is -2.36. The van der Waals surface area contributed by atoms with Crippen molar-refractivity contribution in [3.8, 4) is 0 Å². The number of hydrogen-bond acceptors (Lipinski definition) is 2. The molecule has 19 heavy (non-hydrogen) atoms. The zero-order valence-corrected chi connectivity index (χ0v) is 13.2. The predicted octanol–water partition coefficient (Wildman–Crippen LogP) is 3.92. The van der Waals surface area contributed by atoms with Gasteiger partial charge in [-0.1, -0.05) is 20.3 Å². The zero-order chi connectivity index (χ0) is 13.6. The average molecular weight is 278 g/mol. The molecule has 0 bridgehead atoms. The first kappa shape index (κ1) is 13.6. The summed E-state index contributed by atoms with van der Waals surface area (Å²) in [5.74, 6) is 0. The molecule has 1 saturated carbocycles. The van der Waals surface area contributed by atoms with Gasteiger partial charge in [-0.25, -0.2) is 0 Å². The normalized spacial score (nSPS) is 33.4. The molecule has 0 spiro atoms. The van der Waals surface area contributed by atoms with Crippen LogP contribution in [0, 0.1) is 5.41 Å². The second-order valence-electron chi connectivity index (χ2n) is 7.05. The Morgan fingerprint density at radius 2 is 2.16 bits per heavy atom. The first-order chi connectivity index (χ1) is 9.02. The van der Waals surface area contributed by atoms with Crippen molar-refractivity contribution in [1.29, 1.82) is 0 Å². The second kappa shape index (κ2) is 4.85. The van der Waals surface area contributed by atoms with Crippen molar-refractivity contribution >= 4 is 11.8 Å². The molecule has 0 radical (unpaired) electrons. The van der Waals surface area contributed by atoms with E-state index in [0.29, 0.717) is 11.5 Å². The van der Waals surface area contributed by atoms with E-state index >= 15 is 0 Å². The highest BCUT2D eigenvalue weighted by molar-refractivity contribution is 7.99. The molecule has 2 aliphatic rings. The van der Waals surface area contributed by atoms with Crippen molar-refractivity contribution in [1.82, 2.24) is 4.57 Å².